The van der Waals surface area contributed by atoms with E-state index in [0.717, 1.165) is 25.7 Å². The van der Waals surface area contributed by atoms with Gasteiger partial charge in [-0.1, -0.05) is 42.1 Å². The highest BCUT2D eigenvalue weighted by Gasteiger charge is 2.06. The predicted molar refractivity (Wildman–Crippen MR) is 71.5 cm³/mol. The second kappa shape index (κ2) is 7.43. The third kappa shape index (κ3) is 5.31. The topological polar surface area (TPSA) is 29.1 Å². The number of carbonyl (C=O) groups excluding carboxylic acids is 1. The SMILES string of the molecule is CCCCCCC(=O)Nc1ccc(Br)cc1F. The van der Waals surface area contributed by atoms with E-state index in [1.165, 1.54) is 6.07 Å². The molecule has 0 aliphatic heterocycles. The van der Waals surface area contributed by atoms with Gasteiger partial charge in [0.15, 0.2) is 0 Å². The van der Waals surface area contributed by atoms with E-state index in [4.69, 9.17) is 0 Å². The number of rotatable bonds is 6. The number of benzene rings is 1. The van der Waals surface area contributed by atoms with Gasteiger partial charge in [-0.2, -0.15) is 0 Å². The number of carbonyl (C=O) groups is 1. The van der Waals surface area contributed by atoms with Crippen LogP contribution in [0.4, 0.5) is 10.1 Å². The number of hydrogen-bond donors (Lipinski definition) is 1. The van der Waals surface area contributed by atoms with Gasteiger partial charge in [0, 0.05) is 10.9 Å². The molecule has 1 aromatic carbocycles. The van der Waals surface area contributed by atoms with E-state index in [2.05, 4.69) is 28.2 Å². The maximum atomic E-state index is 13.4. The molecule has 0 bridgehead atoms. The van der Waals surface area contributed by atoms with Crippen molar-refractivity contribution in [3.05, 3.63) is 28.5 Å². The monoisotopic (exact) mass is 301 g/mol. The van der Waals surface area contributed by atoms with Crippen LogP contribution in [0, 0.1) is 5.82 Å². The molecule has 1 rings (SSSR count). The molecule has 0 radical (unpaired) electrons. The van der Waals surface area contributed by atoms with Crippen LogP contribution in [-0.2, 0) is 4.79 Å². The molecular formula is C13H17BrFNO. The fourth-order valence-corrected chi connectivity index (χ4v) is 1.85. The molecule has 0 atom stereocenters. The highest BCUT2D eigenvalue weighted by Crippen LogP contribution is 2.19. The maximum Gasteiger partial charge on any atom is 0.224 e. The Hall–Kier alpha value is -0.900. The summed E-state index contributed by atoms with van der Waals surface area (Å²) in [6.45, 7) is 2.12. The number of unbranched alkanes of at least 4 members (excludes halogenated alkanes) is 3. The van der Waals surface area contributed by atoms with Crippen LogP contribution in [0.15, 0.2) is 22.7 Å². The summed E-state index contributed by atoms with van der Waals surface area (Å²) in [5.74, 6) is -0.538. The molecule has 1 aromatic rings. The van der Waals surface area contributed by atoms with Crippen LogP contribution in [0.25, 0.3) is 0 Å². The number of hydrogen-bond acceptors (Lipinski definition) is 1. The van der Waals surface area contributed by atoms with Gasteiger partial charge in [0.25, 0.3) is 0 Å². The molecular weight excluding hydrogens is 285 g/mol. The molecule has 0 spiro atoms. The molecule has 94 valence electrons. The zero-order chi connectivity index (χ0) is 12.7. The first-order chi connectivity index (χ1) is 8.13. The van der Waals surface area contributed by atoms with Gasteiger partial charge in [-0.05, 0) is 24.6 Å². The summed E-state index contributed by atoms with van der Waals surface area (Å²) >= 11 is 3.17. The summed E-state index contributed by atoms with van der Waals surface area (Å²) in [4.78, 5) is 11.5. The highest BCUT2D eigenvalue weighted by molar-refractivity contribution is 9.10. The van der Waals surface area contributed by atoms with Crippen LogP contribution in [-0.4, -0.2) is 5.91 Å². The summed E-state index contributed by atoms with van der Waals surface area (Å²) in [5.41, 5.74) is 0.244. The summed E-state index contributed by atoms with van der Waals surface area (Å²) in [7, 11) is 0. The lowest BCUT2D eigenvalue weighted by molar-refractivity contribution is -0.116. The van der Waals surface area contributed by atoms with Crippen molar-refractivity contribution in [2.24, 2.45) is 0 Å². The fraction of sp³-hybridized carbons (Fsp3) is 0.462. The standard InChI is InChI=1S/C13H17BrFNO/c1-2-3-4-5-6-13(17)16-12-8-7-10(14)9-11(12)15/h7-9H,2-6H2,1H3,(H,16,17). The molecule has 0 fully saturated rings. The van der Waals surface area contributed by atoms with E-state index >= 15 is 0 Å². The Morgan fingerprint density at radius 1 is 1.35 bits per heavy atom. The van der Waals surface area contributed by atoms with Crippen molar-refractivity contribution in [2.45, 2.75) is 39.0 Å². The van der Waals surface area contributed by atoms with E-state index in [1.54, 1.807) is 12.1 Å². The van der Waals surface area contributed by atoms with E-state index < -0.39 is 5.82 Å². The third-order valence-corrected chi connectivity index (χ3v) is 2.96. The predicted octanol–water partition coefficient (Wildman–Crippen LogP) is 4.50. The molecule has 0 unspecified atom stereocenters. The van der Waals surface area contributed by atoms with Gasteiger partial charge in [-0.15, -0.1) is 0 Å². The van der Waals surface area contributed by atoms with Gasteiger partial charge in [0.1, 0.15) is 5.82 Å². The first kappa shape index (κ1) is 14.2. The summed E-state index contributed by atoms with van der Waals surface area (Å²) in [6, 6.07) is 4.60. The Kier molecular flexibility index (Phi) is 6.19. The molecule has 1 N–H and O–H groups in total. The summed E-state index contributed by atoms with van der Waals surface area (Å²) in [6.07, 6.45) is 4.64. The number of halogens is 2. The van der Waals surface area contributed by atoms with Crippen LogP contribution in [0.5, 0.6) is 0 Å². The Labute approximate surface area is 110 Å². The Bertz CT molecular complexity index is 382. The molecule has 2 nitrogen and oxygen atoms in total. The van der Waals surface area contributed by atoms with Crippen molar-refractivity contribution < 1.29 is 9.18 Å². The van der Waals surface area contributed by atoms with E-state index in [1.807, 2.05) is 0 Å². The van der Waals surface area contributed by atoms with Crippen LogP contribution in [0.2, 0.25) is 0 Å². The molecule has 0 aliphatic carbocycles. The van der Waals surface area contributed by atoms with Crippen LogP contribution < -0.4 is 5.32 Å². The van der Waals surface area contributed by atoms with Crippen molar-refractivity contribution in [3.63, 3.8) is 0 Å². The number of nitrogens with one attached hydrogen (secondary N) is 1. The van der Waals surface area contributed by atoms with Gasteiger partial charge in [-0.3, -0.25) is 4.79 Å². The second-order valence-corrected chi connectivity index (χ2v) is 4.90. The Morgan fingerprint density at radius 3 is 2.76 bits per heavy atom. The van der Waals surface area contributed by atoms with Crippen molar-refractivity contribution in [2.75, 3.05) is 5.32 Å². The minimum atomic E-state index is -0.415. The first-order valence-electron chi connectivity index (χ1n) is 5.88. The van der Waals surface area contributed by atoms with Crippen molar-refractivity contribution in [1.82, 2.24) is 0 Å². The van der Waals surface area contributed by atoms with Crippen molar-refractivity contribution in [1.29, 1.82) is 0 Å². The lowest BCUT2D eigenvalue weighted by atomic mass is 10.1. The van der Waals surface area contributed by atoms with Gasteiger partial charge in [0.2, 0.25) is 5.91 Å². The molecule has 1 amide bonds. The Balaban J connectivity index is 2.40. The van der Waals surface area contributed by atoms with Crippen LogP contribution in [0.1, 0.15) is 39.0 Å². The highest BCUT2D eigenvalue weighted by atomic mass is 79.9. The van der Waals surface area contributed by atoms with E-state index in [9.17, 15) is 9.18 Å². The van der Waals surface area contributed by atoms with Crippen molar-refractivity contribution in [3.8, 4) is 0 Å². The Morgan fingerprint density at radius 2 is 2.12 bits per heavy atom. The molecule has 0 saturated carbocycles. The van der Waals surface area contributed by atoms with Crippen molar-refractivity contribution >= 4 is 27.5 Å². The normalized spacial score (nSPS) is 10.3. The summed E-state index contributed by atoms with van der Waals surface area (Å²) < 4.78 is 14.1. The number of amides is 1. The first-order valence-corrected chi connectivity index (χ1v) is 6.67. The van der Waals surface area contributed by atoms with Gasteiger partial charge < -0.3 is 5.32 Å². The van der Waals surface area contributed by atoms with E-state index in [0.29, 0.717) is 10.9 Å². The third-order valence-electron chi connectivity index (χ3n) is 2.46. The number of anilines is 1. The molecule has 0 aliphatic rings. The molecule has 0 saturated heterocycles. The lowest BCUT2D eigenvalue weighted by Gasteiger charge is -2.06. The molecule has 17 heavy (non-hydrogen) atoms. The average Bonchev–Trinajstić information content (AvgIpc) is 2.28. The van der Waals surface area contributed by atoms with Crippen LogP contribution in [0.3, 0.4) is 0 Å². The minimum Gasteiger partial charge on any atom is -0.324 e. The zero-order valence-electron chi connectivity index (χ0n) is 9.93. The largest absolute Gasteiger partial charge is 0.324 e. The van der Waals surface area contributed by atoms with Crippen LogP contribution >= 0.6 is 15.9 Å². The van der Waals surface area contributed by atoms with Gasteiger partial charge >= 0.3 is 0 Å². The summed E-state index contributed by atoms with van der Waals surface area (Å²) in [5, 5.41) is 2.58. The average molecular weight is 302 g/mol. The molecule has 4 heteroatoms. The lowest BCUT2D eigenvalue weighted by Crippen LogP contribution is -2.12. The van der Waals surface area contributed by atoms with Gasteiger partial charge in [-0.25, -0.2) is 4.39 Å². The fourth-order valence-electron chi connectivity index (χ4n) is 1.52. The smallest absolute Gasteiger partial charge is 0.224 e. The quantitative estimate of drug-likeness (QED) is 0.770. The van der Waals surface area contributed by atoms with E-state index in [-0.39, 0.29) is 11.6 Å². The molecule has 0 heterocycles. The minimum absolute atomic E-state index is 0.123. The second-order valence-electron chi connectivity index (χ2n) is 3.98. The molecule has 0 aromatic heterocycles. The van der Waals surface area contributed by atoms with Gasteiger partial charge in [0.05, 0.1) is 5.69 Å². The zero-order valence-corrected chi connectivity index (χ0v) is 11.5. The maximum absolute atomic E-state index is 13.4.